The van der Waals surface area contributed by atoms with Gasteiger partial charge in [-0.2, -0.15) is 0 Å². The van der Waals surface area contributed by atoms with E-state index in [2.05, 4.69) is 10.6 Å². The molecule has 0 aliphatic heterocycles. The van der Waals surface area contributed by atoms with Crippen LogP contribution in [0.25, 0.3) is 0 Å². The van der Waals surface area contributed by atoms with E-state index in [9.17, 15) is 9.59 Å². The van der Waals surface area contributed by atoms with Crippen molar-refractivity contribution < 1.29 is 9.59 Å². The fourth-order valence-electron chi connectivity index (χ4n) is 3.55. The van der Waals surface area contributed by atoms with Crippen LogP contribution in [-0.2, 0) is 22.4 Å². The number of amides is 2. The molecule has 136 valence electrons. The van der Waals surface area contributed by atoms with Crippen LogP contribution in [-0.4, -0.2) is 23.9 Å². The van der Waals surface area contributed by atoms with Gasteiger partial charge in [0.2, 0.25) is 11.8 Å². The molecule has 0 aromatic heterocycles. The maximum Gasteiger partial charge on any atom is 0.224 e. The van der Waals surface area contributed by atoms with E-state index in [1.165, 1.54) is 0 Å². The van der Waals surface area contributed by atoms with Gasteiger partial charge in [0.05, 0.1) is 12.8 Å². The summed E-state index contributed by atoms with van der Waals surface area (Å²) >= 11 is 0. The standard InChI is InChI=1S/C22H26N2O2/c25-21(15-17-9-3-1-4-10-17)23-19-13-7-8-14-20(19)24-22(26)16-18-11-5-2-6-12-18/h1-6,9-12,19-20H,7-8,13-16H2,(H,23,25)(H,24,26)/t19-,20-/m0/s1. The molecular formula is C22H26N2O2. The minimum Gasteiger partial charge on any atom is -0.351 e. The van der Waals surface area contributed by atoms with Gasteiger partial charge in [0.25, 0.3) is 0 Å². The maximum atomic E-state index is 12.4. The largest absolute Gasteiger partial charge is 0.351 e. The zero-order valence-electron chi connectivity index (χ0n) is 15.0. The summed E-state index contributed by atoms with van der Waals surface area (Å²) in [5.74, 6) is 0.0378. The molecule has 2 amide bonds. The first kappa shape index (κ1) is 18.2. The molecule has 0 unspecified atom stereocenters. The summed E-state index contributed by atoms with van der Waals surface area (Å²) in [6.45, 7) is 0. The van der Waals surface area contributed by atoms with Crippen LogP contribution in [0.1, 0.15) is 36.8 Å². The van der Waals surface area contributed by atoms with Gasteiger partial charge in [-0.25, -0.2) is 0 Å². The summed E-state index contributed by atoms with van der Waals surface area (Å²) < 4.78 is 0. The molecule has 4 nitrogen and oxygen atoms in total. The van der Waals surface area contributed by atoms with Crippen molar-refractivity contribution in [3.63, 3.8) is 0 Å². The molecule has 3 rings (SSSR count). The van der Waals surface area contributed by atoms with Gasteiger partial charge in [-0.3, -0.25) is 9.59 Å². The summed E-state index contributed by atoms with van der Waals surface area (Å²) in [6.07, 6.45) is 4.75. The Hall–Kier alpha value is -2.62. The van der Waals surface area contributed by atoms with E-state index < -0.39 is 0 Å². The first-order valence-electron chi connectivity index (χ1n) is 9.37. The average Bonchev–Trinajstić information content (AvgIpc) is 2.65. The summed E-state index contributed by atoms with van der Waals surface area (Å²) in [7, 11) is 0. The van der Waals surface area contributed by atoms with Gasteiger partial charge in [-0.05, 0) is 24.0 Å². The SMILES string of the molecule is O=C(Cc1ccccc1)N[C@H]1CCCC[C@@H]1NC(=O)Cc1ccccc1. The number of hydrogen-bond donors (Lipinski definition) is 2. The fourth-order valence-corrected chi connectivity index (χ4v) is 3.55. The van der Waals surface area contributed by atoms with Crippen LogP contribution in [0.5, 0.6) is 0 Å². The lowest BCUT2D eigenvalue weighted by molar-refractivity contribution is -0.124. The Morgan fingerprint density at radius 1 is 0.692 bits per heavy atom. The Morgan fingerprint density at radius 2 is 1.08 bits per heavy atom. The molecule has 1 aliphatic carbocycles. The molecule has 2 atom stereocenters. The molecular weight excluding hydrogens is 324 g/mol. The second kappa shape index (κ2) is 9.18. The molecule has 2 aromatic carbocycles. The van der Waals surface area contributed by atoms with Crippen molar-refractivity contribution in [2.75, 3.05) is 0 Å². The Morgan fingerprint density at radius 3 is 1.46 bits per heavy atom. The third kappa shape index (κ3) is 5.45. The summed E-state index contributed by atoms with van der Waals surface area (Å²) in [5.41, 5.74) is 2.01. The molecule has 26 heavy (non-hydrogen) atoms. The normalized spacial score (nSPS) is 19.5. The Bertz CT molecular complexity index is 652. The van der Waals surface area contributed by atoms with Crippen LogP contribution < -0.4 is 10.6 Å². The highest BCUT2D eigenvalue weighted by Gasteiger charge is 2.27. The van der Waals surface area contributed by atoms with Crippen LogP contribution in [0, 0.1) is 0 Å². The third-order valence-electron chi connectivity index (χ3n) is 4.87. The molecule has 2 aromatic rings. The zero-order valence-corrected chi connectivity index (χ0v) is 15.0. The predicted octanol–water partition coefficient (Wildman–Crippen LogP) is 3.02. The smallest absolute Gasteiger partial charge is 0.224 e. The molecule has 2 N–H and O–H groups in total. The van der Waals surface area contributed by atoms with E-state index in [4.69, 9.17) is 0 Å². The number of carbonyl (C=O) groups excluding carboxylic acids is 2. The van der Waals surface area contributed by atoms with E-state index in [0.717, 1.165) is 36.8 Å². The molecule has 0 saturated heterocycles. The highest BCUT2D eigenvalue weighted by atomic mass is 16.2. The molecule has 1 aliphatic rings. The van der Waals surface area contributed by atoms with Gasteiger partial charge in [0.15, 0.2) is 0 Å². The van der Waals surface area contributed by atoms with Gasteiger partial charge >= 0.3 is 0 Å². The first-order chi connectivity index (χ1) is 12.7. The van der Waals surface area contributed by atoms with Crippen LogP contribution >= 0.6 is 0 Å². The van der Waals surface area contributed by atoms with Gasteiger partial charge in [0, 0.05) is 12.1 Å². The molecule has 1 fully saturated rings. The molecule has 0 radical (unpaired) electrons. The Kier molecular flexibility index (Phi) is 6.42. The molecule has 0 spiro atoms. The van der Waals surface area contributed by atoms with E-state index in [-0.39, 0.29) is 23.9 Å². The number of carbonyl (C=O) groups is 2. The van der Waals surface area contributed by atoms with Crippen molar-refractivity contribution in [2.24, 2.45) is 0 Å². The van der Waals surface area contributed by atoms with E-state index in [0.29, 0.717) is 12.8 Å². The van der Waals surface area contributed by atoms with Gasteiger partial charge in [0.1, 0.15) is 0 Å². The number of benzene rings is 2. The lowest BCUT2D eigenvalue weighted by Crippen LogP contribution is -2.53. The van der Waals surface area contributed by atoms with Crippen molar-refractivity contribution in [1.82, 2.24) is 10.6 Å². The average molecular weight is 350 g/mol. The number of nitrogens with one attached hydrogen (secondary N) is 2. The topological polar surface area (TPSA) is 58.2 Å². The van der Waals surface area contributed by atoms with Crippen LogP contribution in [0.4, 0.5) is 0 Å². The third-order valence-corrected chi connectivity index (χ3v) is 4.87. The molecule has 0 heterocycles. The minimum atomic E-state index is 0.0136. The molecule has 0 bridgehead atoms. The Labute approximate surface area is 155 Å². The van der Waals surface area contributed by atoms with Gasteiger partial charge in [-0.15, -0.1) is 0 Å². The maximum absolute atomic E-state index is 12.4. The van der Waals surface area contributed by atoms with E-state index in [1.54, 1.807) is 0 Å². The lowest BCUT2D eigenvalue weighted by atomic mass is 9.89. The van der Waals surface area contributed by atoms with Crippen molar-refractivity contribution in [1.29, 1.82) is 0 Å². The van der Waals surface area contributed by atoms with Crippen molar-refractivity contribution in [2.45, 2.75) is 50.6 Å². The first-order valence-corrected chi connectivity index (χ1v) is 9.37. The summed E-state index contributed by atoms with van der Waals surface area (Å²) in [4.78, 5) is 24.8. The highest BCUT2D eigenvalue weighted by molar-refractivity contribution is 5.80. The molecule has 4 heteroatoms. The van der Waals surface area contributed by atoms with Crippen LogP contribution in [0.2, 0.25) is 0 Å². The predicted molar refractivity (Wildman–Crippen MR) is 103 cm³/mol. The van der Waals surface area contributed by atoms with Gasteiger partial charge < -0.3 is 10.6 Å². The highest BCUT2D eigenvalue weighted by Crippen LogP contribution is 2.19. The quantitative estimate of drug-likeness (QED) is 0.841. The number of hydrogen-bond acceptors (Lipinski definition) is 2. The number of rotatable bonds is 6. The van der Waals surface area contributed by atoms with Gasteiger partial charge in [-0.1, -0.05) is 73.5 Å². The Balaban J connectivity index is 1.53. The second-order valence-electron chi connectivity index (χ2n) is 6.96. The van der Waals surface area contributed by atoms with E-state index >= 15 is 0 Å². The minimum absolute atomic E-state index is 0.0136. The van der Waals surface area contributed by atoms with Crippen LogP contribution in [0.15, 0.2) is 60.7 Å². The summed E-state index contributed by atoms with van der Waals surface area (Å²) in [5, 5.41) is 6.27. The zero-order chi connectivity index (χ0) is 18.2. The van der Waals surface area contributed by atoms with Crippen molar-refractivity contribution >= 4 is 11.8 Å². The van der Waals surface area contributed by atoms with Crippen molar-refractivity contribution in [3.05, 3.63) is 71.8 Å². The lowest BCUT2D eigenvalue weighted by Gasteiger charge is -2.33. The fraction of sp³-hybridized carbons (Fsp3) is 0.364. The van der Waals surface area contributed by atoms with Crippen LogP contribution in [0.3, 0.4) is 0 Å². The van der Waals surface area contributed by atoms with E-state index in [1.807, 2.05) is 60.7 Å². The van der Waals surface area contributed by atoms with Crippen molar-refractivity contribution in [3.8, 4) is 0 Å². The summed E-state index contributed by atoms with van der Waals surface area (Å²) in [6, 6.07) is 19.5. The second-order valence-corrected chi connectivity index (χ2v) is 6.96. The molecule has 1 saturated carbocycles. The monoisotopic (exact) mass is 350 g/mol.